The van der Waals surface area contributed by atoms with Crippen LogP contribution in [-0.2, 0) is 0 Å². The lowest BCUT2D eigenvalue weighted by Gasteiger charge is -2.29. The summed E-state index contributed by atoms with van der Waals surface area (Å²) in [6.45, 7) is 8.72. The summed E-state index contributed by atoms with van der Waals surface area (Å²) in [7, 11) is 0. The topological polar surface area (TPSA) is 38.0 Å². The molecule has 1 aromatic rings. The highest BCUT2D eigenvalue weighted by Crippen LogP contribution is 2.27. The van der Waals surface area contributed by atoms with Gasteiger partial charge in [-0.05, 0) is 30.5 Å². The van der Waals surface area contributed by atoms with Crippen molar-refractivity contribution < 1.29 is 0 Å². The van der Waals surface area contributed by atoms with Crippen LogP contribution >= 0.6 is 11.6 Å². The lowest BCUT2D eigenvalue weighted by molar-refractivity contribution is 0.359. The van der Waals surface area contributed by atoms with Crippen LogP contribution in [0.1, 0.15) is 27.7 Å². The Labute approximate surface area is 96.8 Å². The van der Waals surface area contributed by atoms with Gasteiger partial charge >= 0.3 is 0 Å². The Morgan fingerprint density at radius 1 is 1.33 bits per heavy atom. The lowest BCUT2D eigenvalue weighted by atomic mass is 9.88. The lowest BCUT2D eigenvalue weighted by Crippen LogP contribution is -2.31. The number of halogens is 1. The van der Waals surface area contributed by atoms with Gasteiger partial charge in [-0.15, -0.1) is 0 Å². The second-order valence-electron chi connectivity index (χ2n) is 4.96. The van der Waals surface area contributed by atoms with E-state index in [4.69, 9.17) is 17.3 Å². The summed E-state index contributed by atoms with van der Waals surface area (Å²) in [6.07, 6.45) is 0. The van der Waals surface area contributed by atoms with E-state index >= 15 is 0 Å². The maximum Gasteiger partial charge on any atom is 0.0577 e. The summed E-state index contributed by atoms with van der Waals surface area (Å²) < 4.78 is 0. The van der Waals surface area contributed by atoms with Crippen molar-refractivity contribution in [1.82, 2.24) is 0 Å². The first-order valence-electron chi connectivity index (χ1n) is 5.12. The zero-order chi connectivity index (χ0) is 11.6. The number of hydrogen-bond donors (Lipinski definition) is 2. The fourth-order valence-electron chi connectivity index (χ4n) is 1.11. The molecule has 0 spiro atoms. The molecular weight excluding hydrogens is 208 g/mol. The molecule has 15 heavy (non-hydrogen) atoms. The minimum Gasteiger partial charge on any atom is -0.397 e. The van der Waals surface area contributed by atoms with Gasteiger partial charge in [0.05, 0.1) is 11.4 Å². The molecule has 1 unspecified atom stereocenters. The van der Waals surface area contributed by atoms with Crippen LogP contribution in [0.5, 0.6) is 0 Å². The number of rotatable bonds is 2. The van der Waals surface area contributed by atoms with Gasteiger partial charge in [-0.1, -0.05) is 32.4 Å². The fraction of sp³-hybridized carbons (Fsp3) is 0.500. The highest BCUT2D eigenvalue weighted by atomic mass is 35.5. The molecule has 0 heterocycles. The van der Waals surface area contributed by atoms with Gasteiger partial charge < -0.3 is 11.1 Å². The predicted molar refractivity (Wildman–Crippen MR) is 68.4 cm³/mol. The molecule has 1 atom stereocenters. The Morgan fingerprint density at radius 2 is 1.93 bits per heavy atom. The molecule has 3 N–H and O–H groups in total. The van der Waals surface area contributed by atoms with E-state index in [0.717, 1.165) is 5.69 Å². The van der Waals surface area contributed by atoms with E-state index in [-0.39, 0.29) is 5.41 Å². The van der Waals surface area contributed by atoms with Gasteiger partial charge in [0.2, 0.25) is 0 Å². The molecule has 0 amide bonds. The molecule has 1 aromatic carbocycles. The average Bonchev–Trinajstić information content (AvgIpc) is 2.08. The van der Waals surface area contributed by atoms with E-state index in [2.05, 4.69) is 33.0 Å². The van der Waals surface area contributed by atoms with Crippen molar-refractivity contribution in [3.63, 3.8) is 0 Å². The molecule has 0 aliphatic heterocycles. The minimum absolute atomic E-state index is 0.200. The summed E-state index contributed by atoms with van der Waals surface area (Å²) in [5.41, 5.74) is 7.71. The van der Waals surface area contributed by atoms with Crippen molar-refractivity contribution in [3.05, 3.63) is 23.2 Å². The van der Waals surface area contributed by atoms with Crippen LogP contribution in [-0.4, -0.2) is 6.04 Å². The van der Waals surface area contributed by atoms with Gasteiger partial charge in [-0.25, -0.2) is 0 Å². The maximum atomic E-state index is 5.87. The van der Waals surface area contributed by atoms with Crippen LogP contribution in [0.3, 0.4) is 0 Å². The van der Waals surface area contributed by atoms with Crippen molar-refractivity contribution in [1.29, 1.82) is 0 Å². The quantitative estimate of drug-likeness (QED) is 0.754. The SMILES string of the molecule is CC(Nc1ccc(Cl)cc1N)C(C)(C)C. The molecule has 0 saturated carbocycles. The van der Waals surface area contributed by atoms with E-state index in [1.807, 2.05) is 12.1 Å². The third kappa shape index (κ3) is 3.31. The normalized spacial score (nSPS) is 13.7. The van der Waals surface area contributed by atoms with Crippen molar-refractivity contribution >= 4 is 23.0 Å². The number of nitrogens with one attached hydrogen (secondary N) is 1. The number of nitrogens with two attached hydrogens (primary N) is 1. The zero-order valence-corrected chi connectivity index (χ0v) is 10.5. The summed E-state index contributed by atoms with van der Waals surface area (Å²) >= 11 is 5.84. The van der Waals surface area contributed by atoms with Gasteiger partial charge in [0.1, 0.15) is 0 Å². The summed E-state index contributed by atoms with van der Waals surface area (Å²) in [5, 5.41) is 4.06. The van der Waals surface area contributed by atoms with Crippen molar-refractivity contribution in [2.45, 2.75) is 33.7 Å². The fourth-order valence-corrected chi connectivity index (χ4v) is 1.30. The summed E-state index contributed by atoms with van der Waals surface area (Å²) in [5.74, 6) is 0. The smallest absolute Gasteiger partial charge is 0.0577 e. The Bertz CT molecular complexity index is 342. The van der Waals surface area contributed by atoms with Crippen molar-refractivity contribution in [3.8, 4) is 0 Å². The van der Waals surface area contributed by atoms with Gasteiger partial charge in [0, 0.05) is 11.1 Å². The van der Waals surface area contributed by atoms with E-state index in [1.165, 1.54) is 0 Å². The molecule has 0 aromatic heterocycles. The molecule has 0 fully saturated rings. The molecule has 1 rings (SSSR count). The third-order valence-corrected chi connectivity index (χ3v) is 2.92. The van der Waals surface area contributed by atoms with Crippen LogP contribution < -0.4 is 11.1 Å². The number of benzene rings is 1. The number of anilines is 2. The van der Waals surface area contributed by atoms with E-state index in [0.29, 0.717) is 16.8 Å². The van der Waals surface area contributed by atoms with Crippen molar-refractivity contribution in [2.24, 2.45) is 5.41 Å². The summed E-state index contributed by atoms with van der Waals surface area (Å²) in [6, 6.07) is 5.87. The molecule has 0 radical (unpaired) electrons. The molecule has 3 heteroatoms. The van der Waals surface area contributed by atoms with Crippen molar-refractivity contribution in [2.75, 3.05) is 11.1 Å². The largest absolute Gasteiger partial charge is 0.397 e. The molecule has 0 aliphatic carbocycles. The van der Waals surface area contributed by atoms with E-state index in [1.54, 1.807) is 6.07 Å². The Morgan fingerprint density at radius 3 is 2.40 bits per heavy atom. The van der Waals surface area contributed by atoms with Gasteiger partial charge in [0.15, 0.2) is 0 Å². The minimum atomic E-state index is 0.200. The van der Waals surface area contributed by atoms with Crippen LogP contribution in [0.4, 0.5) is 11.4 Å². The molecule has 0 bridgehead atoms. The van der Waals surface area contributed by atoms with E-state index < -0.39 is 0 Å². The molecule has 0 saturated heterocycles. The standard InChI is InChI=1S/C12H19ClN2/c1-8(12(2,3)4)15-11-6-5-9(13)7-10(11)14/h5-8,15H,14H2,1-4H3. The van der Waals surface area contributed by atoms with Gasteiger partial charge in [0.25, 0.3) is 0 Å². The first kappa shape index (κ1) is 12.2. The average molecular weight is 227 g/mol. The molecule has 0 aliphatic rings. The van der Waals surface area contributed by atoms with Crippen LogP contribution in [0.2, 0.25) is 5.02 Å². The summed E-state index contributed by atoms with van der Waals surface area (Å²) in [4.78, 5) is 0. The van der Waals surface area contributed by atoms with Crippen LogP contribution in [0, 0.1) is 5.41 Å². The second-order valence-corrected chi connectivity index (χ2v) is 5.40. The highest BCUT2D eigenvalue weighted by Gasteiger charge is 2.20. The maximum absolute atomic E-state index is 5.87. The monoisotopic (exact) mass is 226 g/mol. The van der Waals surface area contributed by atoms with E-state index in [9.17, 15) is 0 Å². The number of hydrogen-bond acceptors (Lipinski definition) is 2. The Kier molecular flexibility index (Phi) is 3.50. The Hall–Kier alpha value is -0.890. The molecule has 84 valence electrons. The molecular formula is C12H19ClN2. The number of nitrogen functional groups attached to an aromatic ring is 1. The molecule has 2 nitrogen and oxygen atoms in total. The first-order chi connectivity index (χ1) is 6.80. The highest BCUT2D eigenvalue weighted by molar-refractivity contribution is 6.31. The Balaban J connectivity index is 2.82. The van der Waals surface area contributed by atoms with Gasteiger partial charge in [-0.2, -0.15) is 0 Å². The first-order valence-corrected chi connectivity index (χ1v) is 5.50. The van der Waals surface area contributed by atoms with Gasteiger partial charge in [-0.3, -0.25) is 0 Å². The second kappa shape index (κ2) is 4.31. The predicted octanol–water partition coefficient (Wildman–Crippen LogP) is 3.77. The van der Waals surface area contributed by atoms with Crippen LogP contribution in [0.25, 0.3) is 0 Å². The van der Waals surface area contributed by atoms with Crippen LogP contribution in [0.15, 0.2) is 18.2 Å². The zero-order valence-electron chi connectivity index (χ0n) is 9.76. The third-order valence-electron chi connectivity index (χ3n) is 2.68.